The first-order chi connectivity index (χ1) is 23.8. The lowest BCUT2D eigenvalue weighted by Crippen LogP contribution is -2.42. The van der Waals surface area contributed by atoms with Crippen LogP contribution >= 0.6 is 0 Å². The zero-order chi connectivity index (χ0) is 35.6. The molecule has 1 fully saturated rings. The Labute approximate surface area is 283 Å². The van der Waals surface area contributed by atoms with Crippen LogP contribution in [0.25, 0.3) is 16.9 Å². The number of amides is 1. The van der Waals surface area contributed by atoms with Gasteiger partial charge in [-0.15, -0.1) is 0 Å². The monoisotopic (exact) mass is 716 g/mol. The molecule has 0 bridgehead atoms. The van der Waals surface area contributed by atoms with Crippen molar-refractivity contribution in [2.75, 3.05) is 18.2 Å². The van der Waals surface area contributed by atoms with Gasteiger partial charge in [0.25, 0.3) is 16.3 Å². The number of benzene rings is 3. The van der Waals surface area contributed by atoms with Gasteiger partial charge in [-0.2, -0.15) is 22.9 Å². The van der Waals surface area contributed by atoms with Crippen LogP contribution in [-0.4, -0.2) is 65.7 Å². The third-order valence-corrected chi connectivity index (χ3v) is 9.04. The fraction of sp³-hybridized carbons (Fsp3) is 0.281. The van der Waals surface area contributed by atoms with Gasteiger partial charge in [-0.05, 0) is 62.2 Å². The summed E-state index contributed by atoms with van der Waals surface area (Å²) >= 11 is 0. The van der Waals surface area contributed by atoms with E-state index in [1.54, 1.807) is 59.6 Å². The second-order valence-electron chi connectivity index (χ2n) is 11.4. The lowest BCUT2D eigenvalue weighted by Gasteiger charge is -2.20. The summed E-state index contributed by atoms with van der Waals surface area (Å²) in [5, 5.41) is 6.41. The molecule has 0 radical (unpaired) electrons. The topological polar surface area (TPSA) is 152 Å². The molecule has 0 aliphatic carbocycles. The van der Waals surface area contributed by atoms with Gasteiger partial charge in [-0.1, -0.05) is 48.0 Å². The molecule has 1 N–H and O–H groups in total. The molecule has 1 amide bonds. The van der Waals surface area contributed by atoms with Crippen molar-refractivity contribution in [1.29, 1.82) is 0 Å². The summed E-state index contributed by atoms with van der Waals surface area (Å²) in [4.78, 5) is 31.2. The number of aryl methyl sites for hydroxylation is 1. The third-order valence-electron chi connectivity index (χ3n) is 7.71. The highest BCUT2D eigenvalue weighted by molar-refractivity contribution is 7.90. The fourth-order valence-electron chi connectivity index (χ4n) is 5.19. The van der Waals surface area contributed by atoms with E-state index in [4.69, 9.17) is 18.9 Å². The molecule has 14 nitrogen and oxygen atoms in total. The first-order valence-electron chi connectivity index (χ1n) is 15.3. The van der Waals surface area contributed by atoms with Crippen molar-refractivity contribution >= 4 is 22.1 Å². The fourth-order valence-corrected chi connectivity index (χ4v) is 6.08. The SMILES string of the molecule is Cc1ccc(-c2cc(C(F)(F)F)nn2-c2ccc(S(=O)(=O)NC(=O)OC[C@@H]3CCCN3n3on3OC(C)OC(=O)c3ccccc3)cc2)cc1. The summed E-state index contributed by atoms with van der Waals surface area (Å²) in [5.41, 5.74) is 0.949. The van der Waals surface area contributed by atoms with Crippen LogP contribution < -0.4 is 14.6 Å². The second kappa shape index (κ2) is 13.7. The lowest BCUT2D eigenvalue weighted by molar-refractivity contribution is -0.141. The lowest BCUT2D eigenvalue weighted by atomic mass is 10.1. The molecule has 5 aromatic rings. The number of alkyl halides is 3. The minimum atomic E-state index is -4.71. The average molecular weight is 717 g/mol. The van der Waals surface area contributed by atoms with Crippen molar-refractivity contribution in [2.45, 2.75) is 50.1 Å². The number of nitrogens with zero attached hydrogens (tertiary/aromatic N) is 5. The van der Waals surface area contributed by atoms with Gasteiger partial charge in [0.2, 0.25) is 0 Å². The number of halogens is 3. The molecule has 50 heavy (non-hydrogen) atoms. The van der Waals surface area contributed by atoms with Crippen LogP contribution in [0.4, 0.5) is 18.0 Å². The largest absolute Gasteiger partial charge is 0.447 e. The number of rotatable bonds is 11. The van der Waals surface area contributed by atoms with E-state index < -0.39 is 46.3 Å². The quantitative estimate of drug-likeness (QED) is 0.148. The number of aromatic nitrogens is 4. The van der Waals surface area contributed by atoms with Crippen LogP contribution in [0.15, 0.2) is 94.5 Å². The normalized spacial score (nSPS) is 15.5. The Hall–Kier alpha value is -5.65. The molecule has 3 aromatic carbocycles. The van der Waals surface area contributed by atoms with Gasteiger partial charge in [-0.3, -0.25) is 5.01 Å². The Kier molecular flexibility index (Phi) is 9.37. The standard InChI is InChI=1S/C32H31F3N6O8S/c1-21-10-12-23(13-11-21)28-19-29(32(33,34)35)36-39(28)25-14-16-27(17-15-25)50(44,45)37-31(43)46-20-26-9-6-18-38(26)40-41(49-40)48-22(2)47-30(42)24-7-4-3-5-8-24/h3-5,7-8,10-17,19,22,26H,6,9,18,20H2,1-2H3,(H,37,43)/t22?,26-,40?,41?/m0/s1. The number of hydrogen-bond acceptors (Lipinski definition) is 10. The summed E-state index contributed by atoms with van der Waals surface area (Å²) in [6.07, 6.45) is -5.64. The van der Waals surface area contributed by atoms with E-state index in [0.717, 1.165) is 33.5 Å². The first kappa shape index (κ1) is 34.2. The molecule has 6 rings (SSSR count). The number of ether oxygens (including phenoxy) is 2. The number of esters is 1. The molecule has 1 unspecified atom stereocenters. The van der Waals surface area contributed by atoms with Gasteiger partial charge in [0.05, 0.1) is 32.8 Å². The molecule has 1 saturated heterocycles. The smallest absolute Gasteiger partial charge is 0.435 e. The molecule has 2 aromatic heterocycles. The van der Waals surface area contributed by atoms with Crippen LogP contribution in [0.1, 0.15) is 41.4 Å². The average Bonchev–Trinajstić information content (AvgIpc) is 3.44. The van der Waals surface area contributed by atoms with Crippen LogP contribution in [-0.2, 0) is 25.7 Å². The first-order valence-corrected chi connectivity index (χ1v) is 16.8. The number of sulfonamides is 1. The number of carbonyl (C=O) groups is 2. The predicted octanol–water partition coefficient (Wildman–Crippen LogP) is 4.91. The Morgan fingerprint density at radius 1 is 1.04 bits per heavy atom. The molecule has 0 saturated carbocycles. The van der Waals surface area contributed by atoms with Gasteiger partial charge < -0.3 is 14.3 Å². The van der Waals surface area contributed by atoms with Gasteiger partial charge in [0.15, 0.2) is 5.69 Å². The van der Waals surface area contributed by atoms with Crippen molar-refractivity contribution in [3.05, 3.63) is 102 Å². The zero-order valence-electron chi connectivity index (χ0n) is 26.6. The second-order valence-corrected chi connectivity index (χ2v) is 13.0. The summed E-state index contributed by atoms with van der Waals surface area (Å²) in [6.45, 7) is 3.66. The highest BCUT2D eigenvalue weighted by Crippen LogP contribution is 2.33. The zero-order valence-corrected chi connectivity index (χ0v) is 27.4. The van der Waals surface area contributed by atoms with Crippen molar-refractivity contribution in [3.63, 3.8) is 0 Å². The summed E-state index contributed by atoms with van der Waals surface area (Å²) in [6, 6.07) is 20.6. The van der Waals surface area contributed by atoms with Crippen LogP contribution in [0, 0.1) is 6.92 Å². The van der Waals surface area contributed by atoms with E-state index in [9.17, 15) is 31.2 Å². The number of carbonyl (C=O) groups excluding carboxylic acids is 2. The van der Waals surface area contributed by atoms with Gasteiger partial charge >= 0.3 is 18.2 Å². The highest BCUT2D eigenvalue weighted by atomic mass is 32.2. The Bertz CT molecular complexity index is 2050. The van der Waals surface area contributed by atoms with Crippen LogP contribution in [0.3, 0.4) is 0 Å². The Morgan fingerprint density at radius 3 is 2.42 bits per heavy atom. The predicted molar refractivity (Wildman–Crippen MR) is 169 cm³/mol. The molecular weight excluding hydrogens is 685 g/mol. The van der Waals surface area contributed by atoms with Crippen molar-refractivity contribution in [1.82, 2.24) is 24.5 Å². The molecule has 1 aliphatic heterocycles. The van der Waals surface area contributed by atoms with Crippen LogP contribution in [0.2, 0.25) is 0 Å². The maximum Gasteiger partial charge on any atom is 0.435 e. The van der Waals surface area contributed by atoms with Crippen molar-refractivity contribution in [2.24, 2.45) is 0 Å². The molecular formula is C32H31F3N6O8S. The summed E-state index contributed by atoms with van der Waals surface area (Å²) in [5.74, 6) is -0.583. The highest BCUT2D eigenvalue weighted by Gasteiger charge is 2.36. The van der Waals surface area contributed by atoms with Crippen LogP contribution in [0.5, 0.6) is 0 Å². The third kappa shape index (κ3) is 7.80. The number of hydrogen-bond donors (Lipinski definition) is 1. The van der Waals surface area contributed by atoms with E-state index in [1.165, 1.54) is 24.0 Å². The maximum atomic E-state index is 13.6. The Balaban J connectivity index is 1.04. The summed E-state index contributed by atoms with van der Waals surface area (Å²) < 4.78 is 85.2. The molecule has 3 heterocycles. The minimum absolute atomic E-state index is 0.152. The molecule has 2 atom stereocenters. The summed E-state index contributed by atoms with van der Waals surface area (Å²) in [7, 11) is -4.41. The molecule has 264 valence electrons. The molecule has 1 aliphatic rings. The number of nitrogens with one attached hydrogen (secondary N) is 1. The van der Waals surface area contributed by atoms with Gasteiger partial charge in [0, 0.05) is 19.0 Å². The molecule has 18 heteroatoms. The molecule has 0 spiro atoms. The maximum absolute atomic E-state index is 13.6. The van der Waals surface area contributed by atoms with E-state index in [1.807, 2.05) is 11.6 Å². The minimum Gasteiger partial charge on any atom is -0.447 e. The van der Waals surface area contributed by atoms with E-state index in [-0.39, 0.29) is 22.9 Å². The van der Waals surface area contributed by atoms with Crippen molar-refractivity contribution in [3.8, 4) is 16.9 Å². The van der Waals surface area contributed by atoms with Gasteiger partial charge in [0.1, 0.15) is 11.6 Å². The van der Waals surface area contributed by atoms with Crippen molar-refractivity contribution < 1.29 is 50.1 Å². The van der Waals surface area contributed by atoms with Gasteiger partial charge in [-0.25, -0.2) is 27.4 Å². The Morgan fingerprint density at radius 2 is 1.74 bits per heavy atom. The van der Waals surface area contributed by atoms with E-state index >= 15 is 0 Å². The van der Waals surface area contributed by atoms with E-state index in [2.05, 4.69) is 5.10 Å². The van der Waals surface area contributed by atoms with E-state index in [0.29, 0.717) is 30.5 Å².